The molecule has 2 aromatic carbocycles. The second-order valence-electron chi connectivity index (χ2n) is 4.22. The predicted octanol–water partition coefficient (Wildman–Crippen LogP) is 5.48. The van der Waals surface area contributed by atoms with Crippen LogP contribution in [0, 0.1) is 17.1 Å². The molecule has 0 aliphatic heterocycles. The molecule has 2 nitrogen and oxygen atoms in total. The molecule has 0 amide bonds. The molecule has 0 N–H and O–H groups in total. The van der Waals surface area contributed by atoms with Crippen LogP contribution in [0.5, 0.6) is 5.75 Å². The molecule has 0 saturated heterocycles. The number of halogens is 4. The summed E-state index contributed by atoms with van der Waals surface area (Å²) in [5.74, 6) is -0.0266. The van der Waals surface area contributed by atoms with E-state index in [-0.39, 0.29) is 12.2 Å². The summed E-state index contributed by atoms with van der Waals surface area (Å²) in [5.41, 5.74) is 1.39. The smallest absolute Gasteiger partial charge is 0.142 e. The van der Waals surface area contributed by atoms with Gasteiger partial charge in [-0.2, -0.15) is 5.26 Å². The monoisotopic (exact) mass is 387 g/mol. The van der Waals surface area contributed by atoms with Crippen molar-refractivity contribution in [1.82, 2.24) is 0 Å². The topological polar surface area (TPSA) is 33.0 Å². The lowest BCUT2D eigenvalue weighted by Gasteiger charge is -2.13. The van der Waals surface area contributed by atoms with Crippen LogP contribution in [-0.2, 0) is 11.9 Å². The van der Waals surface area contributed by atoms with E-state index < -0.39 is 5.82 Å². The predicted molar refractivity (Wildman–Crippen MR) is 84.5 cm³/mol. The number of nitriles is 1. The number of ether oxygens (including phenoxy) is 1. The minimum absolute atomic E-state index is 0.0128. The van der Waals surface area contributed by atoms with E-state index in [0.717, 1.165) is 5.56 Å². The van der Waals surface area contributed by atoms with E-state index in [9.17, 15) is 4.39 Å². The van der Waals surface area contributed by atoms with Crippen molar-refractivity contribution in [1.29, 1.82) is 5.26 Å². The fourth-order valence-electron chi connectivity index (χ4n) is 1.76. The standard InChI is InChI=1S/C15H9BrCl2FNO/c16-6-11-4-12(17)5-13(18)15(11)21-8-10-2-1-9(7-20)3-14(10)19/h1-5H,6,8H2. The Labute approximate surface area is 140 Å². The Morgan fingerprint density at radius 3 is 2.57 bits per heavy atom. The first-order chi connectivity index (χ1) is 10.0. The van der Waals surface area contributed by atoms with Crippen molar-refractivity contribution in [3.63, 3.8) is 0 Å². The van der Waals surface area contributed by atoms with Crippen molar-refractivity contribution in [3.05, 3.63) is 62.9 Å². The number of hydrogen-bond acceptors (Lipinski definition) is 2. The molecular formula is C15H9BrCl2FNO. The molecule has 0 aromatic heterocycles. The summed E-state index contributed by atoms with van der Waals surface area (Å²) in [7, 11) is 0. The third kappa shape index (κ3) is 3.88. The van der Waals surface area contributed by atoms with Crippen LogP contribution in [-0.4, -0.2) is 0 Å². The normalized spacial score (nSPS) is 10.2. The quantitative estimate of drug-likeness (QED) is 0.650. The molecule has 0 aliphatic carbocycles. The van der Waals surface area contributed by atoms with Gasteiger partial charge in [-0.3, -0.25) is 0 Å². The van der Waals surface area contributed by atoms with E-state index in [0.29, 0.717) is 26.7 Å². The first-order valence-corrected chi connectivity index (χ1v) is 7.78. The summed E-state index contributed by atoms with van der Waals surface area (Å²) in [6.07, 6.45) is 0. The van der Waals surface area contributed by atoms with Gasteiger partial charge in [-0.05, 0) is 24.3 Å². The van der Waals surface area contributed by atoms with Crippen LogP contribution in [0.25, 0.3) is 0 Å². The molecule has 2 aromatic rings. The van der Waals surface area contributed by atoms with Crippen molar-refractivity contribution < 1.29 is 9.13 Å². The van der Waals surface area contributed by atoms with Gasteiger partial charge in [-0.1, -0.05) is 45.2 Å². The average Bonchev–Trinajstić information content (AvgIpc) is 2.46. The van der Waals surface area contributed by atoms with Gasteiger partial charge in [0.25, 0.3) is 0 Å². The second kappa shape index (κ2) is 7.13. The van der Waals surface area contributed by atoms with Crippen LogP contribution in [0.3, 0.4) is 0 Å². The second-order valence-corrected chi connectivity index (χ2v) is 5.62. The molecule has 0 unspecified atom stereocenters. The average molecular weight is 389 g/mol. The maximum absolute atomic E-state index is 13.8. The molecular weight excluding hydrogens is 380 g/mol. The van der Waals surface area contributed by atoms with Crippen molar-refractivity contribution in [2.24, 2.45) is 0 Å². The minimum Gasteiger partial charge on any atom is -0.487 e. The Morgan fingerprint density at radius 2 is 1.95 bits per heavy atom. The highest BCUT2D eigenvalue weighted by Gasteiger charge is 2.12. The van der Waals surface area contributed by atoms with Crippen molar-refractivity contribution >= 4 is 39.1 Å². The first kappa shape index (κ1) is 16.1. The fraction of sp³-hybridized carbons (Fsp3) is 0.133. The van der Waals surface area contributed by atoms with Gasteiger partial charge in [-0.15, -0.1) is 0 Å². The zero-order chi connectivity index (χ0) is 15.4. The largest absolute Gasteiger partial charge is 0.487 e. The molecule has 21 heavy (non-hydrogen) atoms. The summed E-state index contributed by atoms with van der Waals surface area (Å²) in [4.78, 5) is 0. The number of alkyl halides is 1. The van der Waals surface area contributed by atoms with E-state index in [2.05, 4.69) is 15.9 Å². The molecule has 0 atom stereocenters. The molecule has 0 aliphatic rings. The van der Waals surface area contributed by atoms with Gasteiger partial charge in [-0.25, -0.2) is 4.39 Å². The Balaban J connectivity index is 2.23. The summed E-state index contributed by atoms with van der Waals surface area (Å²) >= 11 is 15.4. The molecule has 0 saturated carbocycles. The Morgan fingerprint density at radius 1 is 1.19 bits per heavy atom. The van der Waals surface area contributed by atoms with Crippen LogP contribution in [0.1, 0.15) is 16.7 Å². The number of hydrogen-bond donors (Lipinski definition) is 0. The summed E-state index contributed by atoms with van der Waals surface area (Å²) in [6, 6.07) is 9.41. The van der Waals surface area contributed by atoms with Gasteiger partial charge >= 0.3 is 0 Å². The van der Waals surface area contributed by atoms with Gasteiger partial charge in [0.2, 0.25) is 0 Å². The fourth-order valence-corrected chi connectivity index (χ4v) is 2.77. The van der Waals surface area contributed by atoms with Gasteiger partial charge in [0.05, 0.1) is 16.7 Å². The Hall–Kier alpha value is -1.28. The lowest BCUT2D eigenvalue weighted by atomic mass is 10.1. The third-order valence-corrected chi connectivity index (χ3v) is 3.89. The van der Waals surface area contributed by atoms with E-state index in [1.807, 2.05) is 6.07 Å². The maximum atomic E-state index is 13.8. The third-order valence-electron chi connectivity index (χ3n) is 2.78. The number of benzene rings is 2. The number of rotatable bonds is 4. The summed E-state index contributed by atoms with van der Waals surface area (Å²) < 4.78 is 19.4. The lowest BCUT2D eigenvalue weighted by Crippen LogP contribution is -2.01. The van der Waals surface area contributed by atoms with Crippen LogP contribution in [0.15, 0.2) is 30.3 Å². The highest BCUT2D eigenvalue weighted by Crippen LogP contribution is 2.34. The van der Waals surface area contributed by atoms with Gasteiger partial charge in [0.15, 0.2) is 0 Å². The van der Waals surface area contributed by atoms with Crippen LogP contribution >= 0.6 is 39.1 Å². The molecule has 0 fully saturated rings. The molecule has 2 rings (SSSR count). The number of nitrogens with zero attached hydrogens (tertiary/aromatic N) is 1. The Bertz CT molecular complexity index is 716. The SMILES string of the molecule is N#Cc1ccc(COc2c(Cl)cc(Cl)cc2CBr)c(F)c1. The van der Waals surface area contributed by atoms with Crippen molar-refractivity contribution in [3.8, 4) is 11.8 Å². The highest BCUT2D eigenvalue weighted by atomic mass is 79.9. The van der Waals surface area contributed by atoms with Crippen molar-refractivity contribution in [2.45, 2.75) is 11.9 Å². The maximum Gasteiger partial charge on any atom is 0.142 e. The van der Waals surface area contributed by atoms with Crippen LogP contribution in [0.4, 0.5) is 4.39 Å². The van der Waals surface area contributed by atoms with Crippen LogP contribution < -0.4 is 4.74 Å². The molecule has 0 radical (unpaired) electrons. The molecule has 0 heterocycles. The van der Waals surface area contributed by atoms with E-state index in [4.69, 9.17) is 33.2 Å². The minimum atomic E-state index is -0.487. The lowest BCUT2D eigenvalue weighted by molar-refractivity contribution is 0.298. The molecule has 0 spiro atoms. The van der Waals surface area contributed by atoms with Crippen LogP contribution in [0.2, 0.25) is 10.0 Å². The first-order valence-electron chi connectivity index (χ1n) is 5.90. The van der Waals surface area contributed by atoms with Crippen molar-refractivity contribution in [2.75, 3.05) is 0 Å². The zero-order valence-corrected chi connectivity index (χ0v) is 13.8. The Kier molecular flexibility index (Phi) is 5.46. The molecule has 108 valence electrons. The van der Waals surface area contributed by atoms with Gasteiger partial charge in [0.1, 0.15) is 18.2 Å². The molecule has 0 bridgehead atoms. The summed E-state index contributed by atoms with van der Waals surface area (Å²) in [6.45, 7) is 0.0128. The highest BCUT2D eigenvalue weighted by molar-refractivity contribution is 9.08. The van der Waals surface area contributed by atoms with E-state index in [1.165, 1.54) is 18.2 Å². The van der Waals surface area contributed by atoms with E-state index >= 15 is 0 Å². The van der Waals surface area contributed by atoms with E-state index in [1.54, 1.807) is 12.1 Å². The van der Waals surface area contributed by atoms with Gasteiger partial charge in [0, 0.05) is 21.5 Å². The summed E-state index contributed by atoms with van der Waals surface area (Å²) in [5, 5.41) is 10.1. The van der Waals surface area contributed by atoms with Gasteiger partial charge < -0.3 is 4.74 Å². The molecule has 6 heteroatoms. The zero-order valence-electron chi connectivity index (χ0n) is 10.7.